The highest BCUT2D eigenvalue weighted by molar-refractivity contribution is 6.34. The van der Waals surface area contributed by atoms with Crippen LogP contribution >= 0.6 is 11.6 Å². The number of nitrogens with zero attached hydrogens (tertiary/aromatic N) is 7. The van der Waals surface area contributed by atoms with Crippen LogP contribution in [0.4, 0.5) is 24.7 Å². The fourth-order valence-corrected chi connectivity index (χ4v) is 5.27. The van der Waals surface area contributed by atoms with Gasteiger partial charge in [-0.2, -0.15) is 18.3 Å². The number of methoxy groups -OCH3 is 1. The van der Waals surface area contributed by atoms with Crippen LogP contribution in [-0.4, -0.2) is 105 Å². The highest BCUT2D eigenvalue weighted by Gasteiger charge is 2.38. The SMILES string of the molecule is COCCn1cc(-c2cnc3c(Nc4ccc(C(=O)N5CCN(C(=O)C(CN)OC=O)CC5)c(Cl)c4)nccn23)c(C(F)(F)F)n1. The number of fused-ring (bicyclic) bond motifs is 1. The fraction of sp³-hybridized carbons (Fsp3) is 0.357. The molecule has 1 aromatic carbocycles. The summed E-state index contributed by atoms with van der Waals surface area (Å²) in [5, 5.41) is 6.93. The highest BCUT2D eigenvalue weighted by Crippen LogP contribution is 2.37. The highest BCUT2D eigenvalue weighted by atomic mass is 35.5. The zero-order chi connectivity index (χ0) is 33.0. The van der Waals surface area contributed by atoms with Crippen LogP contribution in [0.15, 0.2) is 43.0 Å². The van der Waals surface area contributed by atoms with Crippen molar-refractivity contribution in [3.8, 4) is 11.3 Å². The van der Waals surface area contributed by atoms with Crippen LogP contribution in [0.25, 0.3) is 16.9 Å². The van der Waals surface area contributed by atoms with Gasteiger partial charge in [0.25, 0.3) is 18.3 Å². The number of benzene rings is 1. The van der Waals surface area contributed by atoms with Gasteiger partial charge >= 0.3 is 6.18 Å². The van der Waals surface area contributed by atoms with Crippen molar-refractivity contribution in [1.82, 2.24) is 33.9 Å². The number of alkyl halides is 3. The Morgan fingerprint density at radius 2 is 1.91 bits per heavy atom. The lowest BCUT2D eigenvalue weighted by molar-refractivity contribution is -0.151. The van der Waals surface area contributed by atoms with Gasteiger partial charge in [0, 0.05) is 64.1 Å². The van der Waals surface area contributed by atoms with Gasteiger partial charge in [-0.1, -0.05) is 11.6 Å². The van der Waals surface area contributed by atoms with E-state index in [0.29, 0.717) is 5.69 Å². The van der Waals surface area contributed by atoms with Crippen LogP contribution in [0.5, 0.6) is 0 Å². The quantitative estimate of drug-likeness (QED) is 0.228. The van der Waals surface area contributed by atoms with E-state index < -0.39 is 23.9 Å². The predicted octanol–water partition coefficient (Wildman–Crippen LogP) is 2.44. The van der Waals surface area contributed by atoms with Gasteiger partial charge in [0.15, 0.2) is 23.3 Å². The molecule has 0 aliphatic carbocycles. The number of carbonyl (C=O) groups is 3. The number of hydrogen-bond donors (Lipinski definition) is 2. The molecule has 18 heteroatoms. The number of imidazole rings is 1. The Balaban J connectivity index is 1.32. The molecular formula is C28H29ClF3N9O5. The first-order chi connectivity index (χ1) is 22.0. The van der Waals surface area contributed by atoms with Gasteiger partial charge in [-0.3, -0.25) is 23.5 Å². The zero-order valence-electron chi connectivity index (χ0n) is 24.4. The smallest absolute Gasteiger partial charge is 0.435 e. The molecule has 0 saturated carbocycles. The third kappa shape index (κ3) is 6.75. The van der Waals surface area contributed by atoms with E-state index in [1.165, 1.54) is 58.0 Å². The van der Waals surface area contributed by atoms with Crippen molar-refractivity contribution in [3.05, 3.63) is 59.3 Å². The lowest BCUT2D eigenvalue weighted by Crippen LogP contribution is -2.54. The minimum atomic E-state index is -4.70. The van der Waals surface area contributed by atoms with Crippen molar-refractivity contribution in [3.63, 3.8) is 0 Å². The van der Waals surface area contributed by atoms with Crippen molar-refractivity contribution in [2.45, 2.75) is 18.8 Å². The Morgan fingerprint density at radius 1 is 1.17 bits per heavy atom. The number of piperazine rings is 1. The van der Waals surface area contributed by atoms with E-state index in [1.807, 2.05) is 0 Å². The number of ether oxygens (including phenoxy) is 2. The normalized spacial score (nSPS) is 14.4. The Hall–Kier alpha value is -4.74. The van der Waals surface area contributed by atoms with Crippen molar-refractivity contribution in [1.29, 1.82) is 0 Å². The molecule has 46 heavy (non-hydrogen) atoms. The number of hydrogen-bond acceptors (Lipinski definition) is 10. The van der Waals surface area contributed by atoms with Gasteiger partial charge in [0.2, 0.25) is 0 Å². The number of nitrogens with two attached hydrogens (primary N) is 1. The molecule has 0 spiro atoms. The summed E-state index contributed by atoms with van der Waals surface area (Å²) < 4.78 is 54.0. The lowest BCUT2D eigenvalue weighted by Gasteiger charge is -2.36. The second-order valence-corrected chi connectivity index (χ2v) is 10.6. The third-order valence-corrected chi connectivity index (χ3v) is 7.62. The summed E-state index contributed by atoms with van der Waals surface area (Å²) in [5.41, 5.74) is 5.39. The molecule has 0 bridgehead atoms. The molecule has 3 N–H and O–H groups in total. The molecule has 1 aliphatic rings. The second-order valence-electron chi connectivity index (χ2n) is 10.2. The molecule has 14 nitrogen and oxygen atoms in total. The number of halogens is 4. The maximum Gasteiger partial charge on any atom is 0.435 e. The van der Waals surface area contributed by atoms with E-state index in [9.17, 15) is 27.6 Å². The fourth-order valence-electron chi connectivity index (χ4n) is 5.01. The molecule has 244 valence electrons. The standard InChI is InChI=1S/C28H29ClF3N9O5/c1-45-11-10-40-15-19(23(37-40)28(30,31)32)21-14-35-25-24(34-4-5-41(21)25)36-17-2-3-18(20(29)12-17)26(43)38-6-8-39(9-7-38)27(44)22(13-33)46-16-42/h2-5,12,14-16,22H,6-11,13,33H2,1H3,(H,34,36). The van der Waals surface area contributed by atoms with Crippen LogP contribution in [-0.2, 0) is 31.8 Å². The molecule has 4 aromatic rings. The number of rotatable bonds is 11. The van der Waals surface area contributed by atoms with Gasteiger partial charge in [-0.15, -0.1) is 0 Å². The van der Waals surface area contributed by atoms with Gasteiger partial charge in [-0.05, 0) is 18.2 Å². The molecule has 1 atom stereocenters. The summed E-state index contributed by atoms with van der Waals surface area (Å²) in [4.78, 5) is 48.0. The van der Waals surface area contributed by atoms with Crippen molar-refractivity contribution < 1.29 is 37.0 Å². The first kappa shape index (κ1) is 32.6. The maximum atomic E-state index is 13.9. The van der Waals surface area contributed by atoms with E-state index in [-0.39, 0.29) is 91.6 Å². The Kier molecular flexibility index (Phi) is 9.74. The molecule has 4 heterocycles. The average molecular weight is 664 g/mol. The average Bonchev–Trinajstić information content (AvgIpc) is 3.67. The van der Waals surface area contributed by atoms with E-state index >= 15 is 0 Å². The first-order valence-corrected chi connectivity index (χ1v) is 14.3. The Bertz CT molecular complexity index is 1740. The topological polar surface area (TPSA) is 162 Å². The van der Waals surface area contributed by atoms with Crippen LogP contribution in [0.2, 0.25) is 5.02 Å². The molecule has 1 unspecified atom stereocenters. The third-order valence-electron chi connectivity index (χ3n) is 7.31. The second kappa shape index (κ2) is 13.7. The van der Waals surface area contributed by atoms with Gasteiger partial charge in [0.1, 0.15) is 0 Å². The molecule has 3 aromatic heterocycles. The largest absolute Gasteiger partial charge is 0.453 e. The van der Waals surface area contributed by atoms with Crippen LogP contribution in [0, 0.1) is 0 Å². The summed E-state index contributed by atoms with van der Waals surface area (Å²) in [6.45, 7) is 1.24. The minimum absolute atomic E-state index is 0.132. The lowest BCUT2D eigenvalue weighted by atomic mass is 10.1. The van der Waals surface area contributed by atoms with E-state index in [2.05, 4.69) is 20.4 Å². The van der Waals surface area contributed by atoms with Crippen LogP contribution < -0.4 is 11.1 Å². The molecule has 1 saturated heterocycles. The molecule has 1 fully saturated rings. The van der Waals surface area contributed by atoms with E-state index in [1.54, 1.807) is 11.0 Å². The summed E-state index contributed by atoms with van der Waals surface area (Å²) in [6.07, 6.45) is -0.275. The van der Waals surface area contributed by atoms with Gasteiger partial charge in [0.05, 0.1) is 41.2 Å². The summed E-state index contributed by atoms with van der Waals surface area (Å²) in [5.74, 6) is -0.534. The molecule has 2 amide bonds. The van der Waals surface area contributed by atoms with Gasteiger partial charge in [-0.25, -0.2) is 9.97 Å². The summed E-state index contributed by atoms with van der Waals surface area (Å²) in [7, 11) is 1.45. The minimum Gasteiger partial charge on any atom is -0.453 e. The number of carbonyl (C=O) groups excluding carboxylic acids is 3. The number of amides is 2. The van der Waals surface area contributed by atoms with E-state index in [0.717, 1.165) is 0 Å². The van der Waals surface area contributed by atoms with E-state index in [4.69, 9.17) is 26.8 Å². The summed E-state index contributed by atoms with van der Waals surface area (Å²) >= 11 is 6.50. The van der Waals surface area contributed by atoms with Crippen molar-refractivity contribution in [2.24, 2.45) is 5.73 Å². The predicted molar refractivity (Wildman–Crippen MR) is 158 cm³/mol. The summed E-state index contributed by atoms with van der Waals surface area (Å²) in [6, 6.07) is 4.67. The molecular weight excluding hydrogens is 635 g/mol. The molecule has 0 radical (unpaired) electrons. The zero-order valence-corrected chi connectivity index (χ0v) is 25.2. The maximum absolute atomic E-state index is 13.9. The Morgan fingerprint density at radius 3 is 2.57 bits per heavy atom. The number of nitrogens with one attached hydrogen (secondary N) is 1. The van der Waals surface area contributed by atoms with Crippen LogP contribution in [0.1, 0.15) is 16.1 Å². The van der Waals surface area contributed by atoms with Crippen molar-refractivity contribution >= 4 is 47.0 Å². The number of aromatic nitrogens is 5. The Labute approximate surface area is 264 Å². The first-order valence-electron chi connectivity index (χ1n) is 14.0. The molecule has 1 aliphatic heterocycles. The van der Waals surface area contributed by atoms with Crippen LogP contribution in [0.3, 0.4) is 0 Å². The van der Waals surface area contributed by atoms with Crippen molar-refractivity contribution in [2.75, 3.05) is 51.8 Å². The van der Waals surface area contributed by atoms with Gasteiger partial charge < -0.3 is 30.3 Å². The number of anilines is 2. The monoisotopic (exact) mass is 663 g/mol. The molecule has 5 rings (SSSR count).